The fraction of sp³-hybridized carbons (Fsp3) is 0.680. The van der Waals surface area contributed by atoms with Crippen LogP contribution < -0.4 is 9.80 Å². The third-order valence-electron chi connectivity index (χ3n) is 18.4. The van der Waals surface area contributed by atoms with Crippen LogP contribution in [0, 0.1) is 69.0 Å². The van der Waals surface area contributed by atoms with Gasteiger partial charge in [-0.3, -0.25) is 9.59 Å². The third-order valence-corrected chi connectivity index (χ3v) is 18.4. The molecule has 4 aliphatic heterocycles. The number of hydrogen-bond donors (Lipinski definition) is 2. The molecule has 4 heterocycles. The van der Waals surface area contributed by atoms with E-state index < -0.39 is 0 Å². The molecule has 2 aromatic rings. The summed E-state index contributed by atoms with van der Waals surface area (Å²) in [4.78, 5) is 37.2. The molecule has 8 saturated carbocycles. The van der Waals surface area contributed by atoms with Gasteiger partial charge in [0.2, 0.25) is 11.8 Å². The zero-order valence-electron chi connectivity index (χ0n) is 35.2. The lowest BCUT2D eigenvalue weighted by atomic mass is 9.51. The third kappa shape index (κ3) is 6.04. The number of aliphatic hydroxyl groups is 2. The minimum absolute atomic E-state index is 0.0209. The fourth-order valence-electron chi connectivity index (χ4n) is 16.1. The molecule has 12 aliphatic rings. The van der Waals surface area contributed by atoms with Crippen LogP contribution >= 0.6 is 0 Å². The molecule has 2 spiro atoms. The molecule has 14 rings (SSSR count). The Balaban J connectivity index is 0.000000136. The summed E-state index contributed by atoms with van der Waals surface area (Å²) in [5.41, 5.74) is 3.13. The largest absolute Gasteiger partial charge is 0.393 e. The molecular formula is C50H62N6O4. The fourth-order valence-corrected chi connectivity index (χ4v) is 16.1. The Labute approximate surface area is 355 Å². The summed E-state index contributed by atoms with van der Waals surface area (Å²) in [5.74, 6) is 3.80. The Morgan fingerprint density at radius 3 is 1.23 bits per heavy atom. The predicted molar refractivity (Wildman–Crippen MR) is 227 cm³/mol. The van der Waals surface area contributed by atoms with Crippen molar-refractivity contribution in [3.8, 4) is 12.1 Å². The van der Waals surface area contributed by atoms with Gasteiger partial charge in [-0.25, -0.2) is 0 Å². The molecule has 2 amide bonds. The van der Waals surface area contributed by atoms with Crippen molar-refractivity contribution < 1.29 is 19.8 Å². The monoisotopic (exact) mass is 810 g/mol. The van der Waals surface area contributed by atoms with Crippen LogP contribution in [0.15, 0.2) is 48.5 Å². The lowest BCUT2D eigenvalue weighted by molar-refractivity contribution is -0.168. The first-order chi connectivity index (χ1) is 29.0. The first-order valence-electron chi connectivity index (χ1n) is 23.5. The molecule has 6 unspecified atom stereocenters. The van der Waals surface area contributed by atoms with Crippen LogP contribution in [-0.2, 0) is 9.59 Å². The summed E-state index contributed by atoms with van der Waals surface area (Å²) in [5, 5.41) is 39.5. The van der Waals surface area contributed by atoms with E-state index in [4.69, 9.17) is 10.5 Å². The van der Waals surface area contributed by atoms with Gasteiger partial charge >= 0.3 is 0 Å². The number of carbonyl (C=O) groups excluding carboxylic acids is 2. The van der Waals surface area contributed by atoms with Crippen molar-refractivity contribution in [3.63, 3.8) is 0 Å². The van der Waals surface area contributed by atoms with E-state index in [1.54, 1.807) is 0 Å². The second-order valence-electron chi connectivity index (χ2n) is 21.7. The van der Waals surface area contributed by atoms with Gasteiger partial charge in [0, 0.05) is 61.7 Å². The second kappa shape index (κ2) is 14.2. The van der Waals surface area contributed by atoms with Gasteiger partial charge in [0.25, 0.3) is 0 Å². The molecule has 8 aliphatic carbocycles. The number of rotatable bonds is 4. The van der Waals surface area contributed by atoms with Crippen LogP contribution in [0.3, 0.4) is 0 Å². The van der Waals surface area contributed by atoms with Crippen LogP contribution in [0.4, 0.5) is 11.4 Å². The highest BCUT2D eigenvalue weighted by molar-refractivity contribution is 5.87. The molecular weight excluding hydrogens is 749 g/mol. The highest BCUT2D eigenvalue weighted by Crippen LogP contribution is 2.61. The quantitative estimate of drug-likeness (QED) is 0.352. The normalized spacial score (nSPS) is 42.2. The first-order valence-corrected chi connectivity index (χ1v) is 23.5. The van der Waals surface area contributed by atoms with Crippen molar-refractivity contribution in [3.05, 3.63) is 59.7 Å². The molecule has 316 valence electrons. The Morgan fingerprint density at radius 2 is 0.883 bits per heavy atom. The lowest BCUT2D eigenvalue weighted by Gasteiger charge is -2.61. The number of aliphatic hydroxyl groups excluding tert-OH is 2. The number of likely N-dealkylation sites (tertiary alicyclic amines) is 2. The Hall–Kier alpha value is -4.12. The molecule has 6 atom stereocenters. The molecule has 8 bridgehead atoms. The number of nitrogens with zero attached hydrogens (tertiary/aromatic N) is 6. The predicted octanol–water partition coefficient (Wildman–Crippen LogP) is 6.63. The average molecular weight is 811 g/mol. The molecule has 2 aromatic carbocycles. The molecule has 10 nitrogen and oxygen atoms in total. The Bertz CT molecular complexity index is 1930. The van der Waals surface area contributed by atoms with E-state index >= 15 is 0 Å². The van der Waals surface area contributed by atoms with Gasteiger partial charge in [0.05, 0.1) is 46.3 Å². The number of benzene rings is 2. The topological polar surface area (TPSA) is 135 Å². The molecule has 0 aromatic heterocycles. The smallest absolute Gasteiger partial charge is 0.231 e. The maximum Gasteiger partial charge on any atom is 0.231 e. The number of piperidine rings is 2. The van der Waals surface area contributed by atoms with Crippen LogP contribution in [-0.4, -0.2) is 94.4 Å². The van der Waals surface area contributed by atoms with E-state index in [0.717, 1.165) is 128 Å². The van der Waals surface area contributed by atoms with Gasteiger partial charge in [-0.2, -0.15) is 10.5 Å². The SMILES string of the molecule is N#Cc1ccc(N2CCCC3(CCN(C45CC6CC(C4)C(O)C(C6)C5)C3=O)C2)cc1.N#Cc1ccc(N2CCCC3(CCN(C45CC6CC(C4)C(O)C(C6)C5)C3=O)C2)cc1. The molecule has 60 heavy (non-hydrogen) atoms. The number of carbonyl (C=O) groups is 2. The zero-order chi connectivity index (χ0) is 41.0. The summed E-state index contributed by atoms with van der Waals surface area (Å²) in [6.07, 6.45) is 16.8. The lowest BCUT2D eigenvalue weighted by Crippen LogP contribution is -2.65. The number of nitriles is 2. The van der Waals surface area contributed by atoms with Crippen LogP contribution in [0.1, 0.15) is 114 Å². The van der Waals surface area contributed by atoms with Crippen molar-refractivity contribution in [1.82, 2.24) is 9.80 Å². The molecule has 10 heteroatoms. The van der Waals surface area contributed by atoms with Crippen molar-refractivity contribution in [2.24, 2.45) is 46.3 Å². The highest BCUT2D eigenvalue weighted by atomic mass is 16.3. The average Bonchev–Trinajstić information content (AvgIpc) is 3.75. The van der Waals surface area contributed by atoms with Gasteiger partial charge in [-0.1, -0.05) is 0 Å². The van der Waals surface area contributed by atoms with E-state index in [9.17, 15) is 19.8 Å². The maximum absolute atomic E-state index is 14.0. The molecule has 12 fully saturated rings. The first kappa shape index (κ1) is 38.8. The summed E-state index contributed by atoms with van der Waals surface area (Å²) in [7, 11) is 0. The number of hydrogen-bond acceptors (Lipinski definition) is 8. The minimum Gasteiger partial charge on any atom is -0.393 e. The Kier molecular flexibility index (Phi) is 9.18. The summed E-state index contributed by atoms with van der Waals surface area (Å²) in [6.45, 7) is 5.33. The zero-order valence-corrected chi connectivity index (χ0v) is 35.2. The molecule has 0 radical (unpaired) electrons. The molecule has 4 saturated heterocycles. The van der Waals surface area contributed by atoms with Crippen LogP contribution in [0.25, 0.3) is 0 Å². The minimum atomic E-state index is -0.256. The van der Waals surface area contributed by atoms with E-state index in [0.29, 0.717) is 58.4 Å². The van der Waals surface area contributed by atoms with Gasteiger partial charge in [0.1, 0.15) is 0 Å². The summed E-state index contributed by atoms with van der Waals surface area (Å²) < 4.78 is 0. The van der Waals surface area contributed by atoms with Crippen LogP contribution in [0.5, 0.6) is 0 Å². The van der Waals surface area contributed by atoms with E-state index in [2.05, 4.69) is 31.7 Å². The van der Waals surface area contributed by atoms with Crippen molar-refractivity contribution in [1.29, 1.82) is 10.5 Å². The molecule has 2 N–H and O–H groups in total. The van der Waals surface area contributed by atoms with E-state index in [-0.39, 0.29) is 34.1 Å². The number of anilines is 2. The summed E-state index contributed by atoms with van der Waals surface area (Å²) >= 11 is 0. The Morgan fingerprint density at radius 1 is 0.517 bits per heavy atom. The number of amides is 2. The van der Waals surface area contributed by atoms with Crippen molar-refractivity contribution in [2.75, 3.05) is 49.1 Å². The second-order valence-corrected chi connectivity index (χ2v) is 21.7. The van der Waals surface area contributed by atoms with Gasteiger partial charge < -0.3 is 29.8 Å². The van der Waals surface area contributed by atoms with Gasteiger partial charge in [0.15, 0.2) is 0 Å². The summed E-state index contributed by atoms with van der Waals surface area (Å²) in [6, 6.07) is 20.0. The van der Waals surface area contributed by atoms with E-state index in [1.807, 2.05) is 48.5 Å². The van der Waals surface area contributed by atoms with Crippen LogP contribution in [0.2, 0.25) is 0 Å². The van der Waals surface area contributed by atoms with E-state index in [1.165, 1.54) is 25.7 Å². The van der Waals surface area contributed by atoms with Crippen molar-refractivity contribution >= 4 is 23.2 Å². The highest BCUT2D eigenvalue weighted by Gasteiger charge is 2.63. The standard InChI is InChI=1S/2C25H31N3O2/c2*26-15-17-2-4-21(5-3-17)27-8-1-6-24(16-27)7-9-28(23(24)30)25-12-18-10-19(13-25)22(29)20(11-18)14-25/h2*2-5,18-20,22,29H,1,6-14,16H2. The van der Waals surface area contributed by atoms with Gasteiger partial charge in [-0.15, -0.1) is 0 Å². The maximum atomic E-state index is 14.0. The van der Waals surface area contributed by atoms with Crippen molar-refractivity contribution in [2.45, 2.75) is 126 Å². The van der Waals surface area contributed by atoms with Gasteiger partial charge in [-0.05, 0) is 187 Å².